The Kier molecular flexibility index (Phi) is 5.07. The molecule has 0 radical (unpaired) electrons. The zero-order valence-electron chi connectivity index (χ0n) is 14.7. The molecule has 2 fully saturated rings. The molecule has 2 aliphatic rings. The number of benzene rings is 1. The Bertz CT molecular complexity index is 783. The summed E-state index contributed by atoms with van der Waals surface area (Å²) < 4.78 is 5.58. The summed E-state index contributed by atoms with van der Waals surface area (Å²) >= 11 is 1.37. The van der Waals surface area contributed by atoms with Gasteiger partial charge in [0.25, 0.3) is 0 Å². The van der Waals surface area contributed by atoms with Crippen LogP contribution >= 0.6 is 11.3 Å². The van der Waals surface area contributed by atoms with Crippen LogP contribution in [0.3, 0.4) is 0 Å². The topological polar surface area (TPSA) is 71.5 Å². The van der Waals surface area contributed by atoms with Crippen molar-refractivity contribution in [3.63, 3.8) is 0 Å². The van der Waals surface area contributed by atoms with Gasteiger partial charge in [0.15, 0.2) is 5.69 Å². The second kappa shape index (κ2) is 7.47. The van der Waals surface area contributed by atoms with Crippen molar-refractivity contribution in [2.45, 2.75) is 44.7 Å². The molecular formula is C20H24N2O3S. The number of aromatic nitrogens is 1. The Labute approximate surface area is 157 Å². The van der Waals surface area contributed by atoms with Crippen LogP contribution in [0, 0.1) is 5.41 Å². The van der Waals surface area contributed by atoms with Gasteiger partial charge in [0, 0.05) is 36.7 Å². The zero-order chi connectivity index (χ0) is 18.0. The third-order valence-electron chi connectivity index (χ3n) is 5.85. The predicted molar refractivity (Wildman–Crippen MR) is 101 cm³/mol. The number of rotatable bonds is 5. The van der Waals surface area contributed by atoms with E-state index in [-0.39, 0.29) is 5.69 Å². The van der Waals surface area contributed by atoms with Crippen LogP contribution < -0.4 is 5.32 Å². The monoisotopic (exact) mass is 372 g/mol. The van der Waals surface area contributed by atoms with Crippen LogP contribution in [0.15, 0.2) is 29.6 Å². The molecule has 1 aromatic carbocycles. The number of thiazole rings is 1. The molecule has 0 amide bonds. The summed E-state index contributed by atoms with van der Waals surface area (Å²) in [6.07, 6.45) is 6.19. The van der Waals surface area contributed by atoms with Crippen molar-refractivity contribution in [2.24, 2.45) is 5.41 Å². The van der Waals surface area contributed by atoms with Crippen LogP contribution in [0.4, 0.5) is 0 Å². The Morgan fingerprint density at radius 3 is 2.96 bits per heavy atom. The summed E-state index contributed by atoms with van der Waals surface area (Å²) in [6.45, 7) is 2.62. The minimum atomic E-state index is -0.978. The lowest BCUT2D eigenvalue weighted by Gasteiger charge is -2.39. The van der Waals surface area contributed by atoms with Crippen molar-refractivity contribution in [1.82, 2.24) is 10.3 Å². The Morgan fingerprint density at radius 2 is 2.19 bits per heavy atom. The molecule has 1 saturated heterocycles. The minimum Gasteiger partial charge on any atom is -0.476 e. The van der Waals surface area contributed by atoms with Gasteiger partial charge in [-0.1, -0.05) is 24.6 Å². The van der Waals surface area contributed by atoms with Crippen LogP contribution in [0.25, 0.3) is 10.6 Å². The fourth-order valence-electron chi connectivity index (χ4n) is 4.39. The van der Waals surface area contributed by atoms with Crippen LogP contribution in [-0.2, 0) is 11.3 Å². The van der Waals surface area contributed by atoms with Crippen LogP contribution in [0.2, 0.25) is 0 Å². The van der Waals surface area contributed by atoms with E-state index >= 15 is 0 Å². The number of nitrogens with one attached hydrogen (secondary N) is 1. The van der Waals surface area contributed by atoms with Crippen molar-refractivity contribution in [3.8, 4) is 10.6 Å². The number of carbonyl (C=O) groups is 1. The Morgan fingerprint density at radius 1 is 1.35 bits per heavy atom. The first-order chi connectivity index (χ1) is 12.7. The molecule has 1 unspecified atom stereocenters. The van der Waals surface area contributed by atoms with Gasteiger partial charge < -0.3 is 15.2 Å². The van der Waals surface area contributed by atoms with Crippen LogP contribution in [0.1, 0.15) is 48.2 Å². The molecule has 1 spiro atoms. The average Bonchev–Trinajstić information content (AvgIpc) is 3.29. The number of nitrogens with zero attached hydrogens (tertiary/aromatic N) is 1. The van der Waals surface area contributed by atoms with Crippen molar-refractivity contribution in [3.05, 3.63) is 40.9 Å². The maximum atomic E-state index is 11.0. The van der Waals surface area contributed by atoms with E-state index < -0.39 is 5.97 Å². The smallest absolute Gasteiger partial charge is 0.355 e. The number of aromatic carboxylic acids is 1. The largest absolute Gasteiger partial charge is 0.476 e. The molecule has 26 heavy (non-hydrogen) atoms. The lowest BCUT2D eigenvalue weighted by molar-refractivity contribution is 0.00415. The molecule has 2 aromatic rings. The molecule has 0 bridgehead atoms. The molecule has 2 N–H and O–H groups in total. The zero-order valence-corrected chi connectivity index (χ0v) is 15.6. The van der Waals surface area contributed by atoms with Crippen molar-refractivity contribution in [1.29, 1.82) is 0 Å². The van der Waals surface area contributed by atoms with E-state index in [4.69, 9.17) is 9.84 Å². The molecule has 2 heterocycles. The normalized spacial score (nSPS) is 21.9. The molecule has 138 valence electrons. The molecule has 6 heteroatoms. The predicted octanol–water partition coefficient (Wildman–Crippen LogP) is 3.95. The second-order valence-electron chi connectivity index (χ2n) is 7.34. The lowest BCUT2D eigenvalue weighted by atomic mass is 9.75. The Balaban J connectivity index is 1.44. The molecule has 4 rings (SSSR count). The van der Waals surface area contributed by atoms with Gasteiger partial charge in [-0.15, -0.1) is 11.3 Å². The highest BCUT2D eigenvalue weighted by atomic mass is 32.1. The molecule has 1 saturated carbocycles. The number of carboxylic acid groups (broad SMARTS) is 1. The number of hydrogen-bond acceptors (Lipinski definition) is 5. The van der Waals surface area contributed by atoms with E-state index in [0.29, 0.717) is 11.5 Å². The van der Waals surface area contributed by atoms with E-state index in [0.717, 1.165) is 30.3 Å². The highest BCUT2D eigenvalue weighted by Gasteiger charge is 2.43. The lowest BCUT2D eigenvalue weighted by Crippen LogP contribution is -2.44. The van der Waals surface area contributed by atoms with Gasteiger partial charge in [0.2, 0.25) is 0 Å². The molecular weight excluding hydrogens is 348 g/mol. The molecule has 1 aromatic heterocycles. The standard InChI is InChI=1S/C20H24N2O3S/c23-19(24)16-13-26-18(22-16)15-4-1-3-14(11-15)12-21-17-5-2-6-20(17)7-9-25-10-8-20/h1,3-4,11,13,17,21H,2,5-10,12H2,(H,23,24). The summed E-state index contributed by atoms with van der Waals surface area (Å²) in [4.78, 5) is 15.2. The summed E-state index contributed by atoms with van der Waals surface area (Å²) in [6, 6.07) is 8.81. The summed E-state index contributed by atoms with van der Waals surface area (Å²) in [5, 5.41) is 15.2. The van der Waals surface area contributed by atoms with E-state index in [9.17, 15) is 4.79 Å². The minimum absolute atomic E-state index is 0.112. The van der Waals surface area contributed by atoms with Gasteiger partial charge >= 0.3 is 5.97 Å². The summed E-state index contributed by atoms with van der Waals surface area (Å²) in [7, 11) is 0. The van der Waals surface area contributed by atoms with E-state index in [1.165, 1.54) is 49.0 Å². The molecule has 1 atom stereocenters. The van der Waals surface area contributed by atoms with E-state index in [2.05, 4.69) is 22.4 Å². The maximum absolute atomic E-state index is 11.0. The highest BCUT2D eigenvalue weighted by Crippen LogP contribution is 2.46. The van der Waals surface area contributed by atoms with Gasteiger partial charge in [-0.2, -0.15) is 0 Å². The first-order valence-corrected chi connectivity index (χ1v) is 10.1. The fourth-order valence-corrected chi connectivity index (χ4v) is 5.18. The maximum Gasteiger partial charge on any atom is 0.355 e. The van der Waals surface area contributed by atoms with Crippen LogP contribution in [-0.4, -0.2) is 35.3 Å². The highest BCUT2D eigenvalue weighted by molar-refractivity contribution is 7.13. The van der Waals surface area contributed by atoms with Gasteiger partial charge in [0.1, 0.15) is 5.01 Å². The fraction of sp³-hybridized carbons (Fsp3) is 0.500. The summed E-state index contributed by atoms with van der Waals surface area (Å²) in [5.41, 5.74) is 2.72. The SMILES string of the molecule is O=C(O)c1csc(-c2cccc(CNC3CCCC34CCOCC4)c2)n1. The molecule has 1 aliphatic carbocycles. The quantitative estimate of drug-likeness (QED) is 0.832. The first-order valence-electron chi connectivity index (χ1n) is 9.26. The van der Waals surface area contributed by atoms with Gasteiger partial charge in [-0.05, 0) is 42.7 Å². The van der Waals surface area contributed by atoms with E-state index in [1.807, 2.05) is 12.1 Å². The van der Waals surface area contributed by atoms with Gasteiger partial charge in [0.05, 0.1) is 0 Å². The Hall–Kier alpha value is -1.76. The number of ether oxygens (including phenoxy) is 1. The number of carboxylic acids is 1. The average molecular weight is 372 g/mol. The van der Waals surface area contributed by atoms with Gasteiger partial charge in [-0.3, -0.25) is 0 Å². The van der Waals surface area contributed by atoms with Gasteiger partial charge in [-0.25, -0.2) is 9.78 Å². The van der Waals surface area contributed by atoms with Crippen LogP contribution in [0.5, 0.6) is 0 Å². The third kappa shape index (κ3) is 3.54. The van der Waals surface area contributed by atoms with Crippen molar-refractivity contribution >= 4 is 17.3 Å². The molecule has 1 aliphatic heterocycles. The van der Waals surface area contributed by atoms with Crippen molar-refractivity contribution in [2.75, 3.05) is 13.2 Å². The third-order valence-corrected chi connectivity index (χ3v) is 6.74. The first kappa shape index (κ1) is 17.6. The second-order valence-corrected chi connectivity index (χ2v) is 8.20. The number of hydrogen-bond donors (Lipinski definition) is 2. The van der Waals surface area contributed by atoms with Crippen molar-refractivity contribution < 1.29 is 14.6 Å². The molecule has 5 nitrogen and oxygen atoms in total. The van der Waals surface area contributed by atoms with E-state index in [1.54, 1.807) is 5.38 Å². The summed E-state index contributed by atoms with van der Waals surface area (Å²) in [5.74, 6) is -0.978.